The van der Waals surface area contributed by atoms with Crippen molar-refractivity contribution in [3.8, 4) is 28.1 Å². The average molecular weight is 465 g/mol. The molecule has 2 fully saturated rings. The highest BCUT2D eigenvalue weighted by molar-refractivity contribution is 5.74. The number of nitrogens with one attached hydrogen (secondary N) is 2. The minimum Gasteiger partial charge on any atom is -0.507 e. The normalized spacial score (nSPS) is 25.9. The molecule has 0 spiro atoms. The van der Waals surface area contributed by atoms with Crippen LogP contribution in [0.3, 0.4) is 0 Å². The Kier molecular flexibility index (Phi) is 5.39. The van der Waals surface area contributed by atoms with E-state index >= 15 is 0 Å². The van der Waals surface area contributed by atoms with Crippen molar-refractivity contribution in [2.24, 2.45) is 13.0 Å². The quantitative estimate of drug-likeness (QED) is 0.531. The first-order valence-electron chi connectivity index (χ1n) is 11.6. The van der Waals surface area contributed by atoms with E-state index in [2.05, 4.69) is 39.8 Å². The Labute approximate surface area is 197 Å². The number of nitrogens with zero attached hydrogens (tertiary/aromatic N) is 4. The van der Waals surface area contributed by atoms with Crippen molar-refractivity contribution in [2.45, 2.75) is 50.6 Å². The Morgan fingerprint density at radius 3 is 2.50 bits per heavy atom. The number of piperidine rings is 1. The van der Waals surface area contributed by atoms with Gasteiger partial charge in [-0.15, -0.1) is 10.2 Å². The summed E-state index contributed by atoms with van der Waals surface area (Å²) >= 11 is 0. The van der Waals surface area contributed by atoms with Crippen molar-refractivity contribution >= 4 is 5.82 Å². The number of aromatic hydroxyl groups is 1. The van der Waals surface area contributed by atoms with Crippen LogP contribution < -0.4 is 16.2 Å². The first kappa shape index (κ1) is 22.5. The molecule has 9 heteroatoms. The molecule has 0 aliphatic carbocycles. The maximum absolute atomic E-state index is 15.0. The summed E-state index contributed by atoms with van der Waals surface area (Å²) in [6.45, 7) is 5.41. The van der Waals surface area contributed by atoms with Crippen LogP contribution in [0, 0.1) is 11.7 Å². The highest BCUT2D eigenvalue weighted by Crippen LogP contribution is 2.44. The highest BCUT2D eigenvalue weighted by atomic mass is 19.1. The number of aryl methyl sites for hydroxylation is 1. The fraction of sp³-hybridized carbons (Fsp3) is 0.440. The molecular weight excluding hydrogens is 435 g/mol. The van der Waals surface area contributed by atoms with Gasteiger partial charge in [-0.1, -0.05) is 0 Å². The second-order valence-electron chi connectivity index (χ2n) is 10.3. The number of fused-ring (bicyclic) bond motifs is 2. The molecule has 5 rings (SSSR count). The number of phenols is 1. The van der Waals surface area contributed by atoms with E-state index in [9.17, 15) is 14.3 Å². The van der Waals surface area contributed by atoms with E-state index in [0.717, 1.165) is 19.4 Å². The third-order valence-electron chi connectivity index (χ3n) is 7.17. The van der Waals surface area contributed by atoms with Crippen LogP contribution in [0.5, 0.6) is 5.75 Å². The van der Waals surface area contributed by atoms with Gasteiger partial charge in [0.1, 0.15) is 17.4 Å². The van der Waals surface area contributed by atoms with Crippen LogP contribution in [-0.2, 0) is 7.05 Å². The summed E-state index contributed by atoms with van der Waals surface area (Å²) < 4.78 is 16.1. The molecular formula is C25H29FN6O2. The number of aromatic nitrogens is 4. The third-order valence-corrected chi connectivity index (χ3v) is 7.17. The van der Waals surface area contributed by atoms with E-state index in [1.807, 2.05) is 0 Å². The number of anilines is 1. The van der Waals surface area contributed by atoms with Crippen LogP contribution in [-0.4, -0.2) is 42.7 Å². The molecule has 34 heavy (non-hydrogen) atoms. The number of hydrogen-bond acceptors (Lipinski definition) is 7. The van der Waals surface area contributed by atoms with Crippen molar-refractivity contribution in [3.63, 3.8) is 0 Å². The van der Waals surface area contributed by atoms with Gasteiger partial charge in [-0.3, -0.25) is 4.79 Å². The number of benzene rings is 1. The monoisotopic (exact) mass is 464 g/mol. The second kappa shape index (κ2) is 8.16. The van der Waals surface area contributed by atoms with Crippen LogP contribution in [0.15, 0.2) is 41.3 Å². The molecule has 3 N–H and O–H groups in total. The molecule has 2 saturated heterocycles. The van der Waals surface area contributed by atoms with Gasteiger partial charge in [0.15, 0.2) is 0 Å². The predicted octanol–water partition coefficient (Wildman–Crippen LogP) is 3.47. The number of phenolic OH excluding ortho intramolecular Hbond substituents is 1. The molecule has 2 aromatic heterocycles. The first-order valence-corrected chi connectivity index (χ1v) is 11.6. The molecule has 0 amide bonds. The summed E-state index contributed by atoms with van der Waals surface area (Å²) in [7, 11) is 1.53. The van der Waals surface area contributed by atoms with Crippen LogP contribution in [0.2, 0.25) is 0 Å². The van der Waals surface area contributed by atoms with Gasteiger partial charge in [-0.05, 0) is 75.3 Å². The van der Waals surface area contributed by atoms with Crippen molar-refractivity contribution in [1.82, 2.24) is 25.3 Å². The van der Waals surface area contributed by atoms with Crippen molar-refractivity contribution in [1.29, 1.82) is 0 Å². The molecule has 0 radical (unpaired) electrons. The Morgan fingerprint density at radius 1 is 1.15 bits per heavy atom. The van der Waals surface area contributed by atoms with Crippen molar-refractivity contribution in [3.05, 3.63) is 52.7 Å². The summed E-state index contributed by atoms with van der Waals surface area (Å²) in [4.78, 5) is 11.8. The molecule has 2 atom stereocenters. The summed E-state index contributed by atoms with van der Waals surface area (Å²) in [5.41, 5.74) is 1.06. The van der Waals surface area contributed by atoms with E-state index in [4.69, 9.17) is 0 Å². The zero-order chi connectivity index (χ0) is 24.1. The number of halogens is 1. The number of rotatable bonds is 5. The van der Waals surface area contributed by atoms with Gasteiger partial charge in [-0.25, -0.2) is 9.07 Å². The van der Waals surface area contributed by atoms with Gasteiger partial charge in [-0.2, -0.15) is 5.10 Å². The molecule has 2 unspecified atom stereocenters. The lowest BCUT2D eigenvalue weighted by Crippen LogP contribution is -2.54. The summed E-state index contributed by atoms with van der Waals surface area (Å²) in [5.74, 6) is 0.223. The largest absolute Gasteiger partial charge is 0.507 e. The fourth-order valence-corrected chi connectivity index (χ4v) is 5.65. The van der Waals surface area contributed by atoms with E-state index < -0.39 is 5.82 Å². The van der Waals surface area contributed by atoms with Gasteiger partial charge >= 0.3 is 0 Å². The average Bonchev–Trinajstić information content (AvgIpc) is 3.01. The SMILES string of the molecule is Cn1ncc(-c2cc(O)c(-c3ccc(NCC4CC5(C)CCC(C)(C4)N5)nn3)c(F)c2)cc1=O. The first-order chi connectivity index (χ1) is 16.1. The molecule has 1 aromatic carbocycles. The molecule has 0 saturated carbocycles. The summed E-state index contributed by atoms with van der Waals surface area (Å²) in [5, 5.41) is 30.0. The van der Waals surface area contributed by atoms with Gasteiger partial charge in [0.05, 0.1) is 17.5 Å². The Morgan fingerprint density at radius 2 is 1.88 bits per heavy atom. The minimum atomic E-state index is -0.655. The van der Waals surface area contributed by atoms with Crippen LogP contribution in [0.1, 0.15) is 39.5 Å². The lowest BCUT2D eigenvalue weighted by atomic mass is 9.80. The summed E-state index contributed by atoms with van der Waals surface area (Å²) in [6.07, 6.45) is 6.11. The molecule has 3 aromatic rings. The topological polar surface area (TPSA) is 105 Å². The lowest BCUT2D eigenvalue weighted by molar-refractivity contribution is 0.178. The fourth-order valence-electron chi connectivity index (χ4n) is 5.65. The van der Waals surface area contributed by atoms with Gasteiger partial charge in [0.25, 0.3) is 5.56 Å². The van der Waals surface area contributed by atoms with Gasteiger partial charge in [0, 0.05) is 36.3 Å². The summed E-state index contributed by atoms with van der Waals surface area (Å²) in [6, 6.07) is 7.39. The molecule has 4 heterocycles. The second-order valence-corrected chi connectivity index (χ2v) is 10.3. The van der Waals surface area contributed by atoms with Gasteiger partial charge < -0.3 is 15.7 Å². The van der Waals surface area contributed by atoms with Crippen LogP contribution in [0.25, 0.3) is 22.4 Å². The predicted molar refractivity (Wildman–Crippen MR) is 128 cm³/mol. The molecule has 178 valence electrons. The van der Waals surface area contributed by atoms with E-state index in [1.165, 1.54) is 49.0 Å². The maximum atomic E-state index is 15.0. The van der Waals surface area contributed by atoms with E-state index in [0.29, 0.717) is 22.9 Å². The van der Waals surface area contributed by atoms with Gasteiger partial charge in [0.2, 0.25) is 0 Å². The van der Waals surface area contributed by atoms with E-state index in [-0.39, 0.29) is 33.6 Å². The zero-order valence-electron chi connectivity index (χ0n) is 19.6. The standard InChI is InChI=1S/C25H29FN6O2/c1-24-6-7-25(2,31-24)12-15(11-24)13-27-21-5-4-19(29-30-21)23-18(26)8-16(9-20(23)33)17-10-22(34)32(3)28-14-17/h4-5,8-10,14-15,31,33H,6-7,11-13H2,1-3H3,(H,27,30). The maximum Gasteiger partial charge on any atom is 0.267 e. The smallest absolute Gasteiger partial charge is 0.267 e. The van der Waals surface area contributed by atoms with E-state index in [1.54, 1.807) is 12.1 Å². The molecule has 8 nitrogen and oxygen atoms in total. The van der Waals surface area contributed by atoms with Crippen LogP contribution in [0.4, 0.5) is 10.2 Å². The van der Waals surface area contributed by atoms with Crippen LogP contribution >= 0.6 is 0 Å². The molecule has 2 aliphatic heterocycles. The Bertz CT molecular complexity index is 1250. The zero-order valence-corrected chi connectivity index (χ0v) is 19.6. The van der Waals surface area contributed by atoms with Crippen molar-refractivity contribution in [2.75, 3.05) is 11.9 Å². The highest BCUT2D eigenvalue weighted by Gasteiger charge is 2.48. The molecule has 2 bridgehead atoms. The lowest BCUT2D eigenvalue weighted by Gasteiger charge is -2.42. The Balaban J connectivity index is 1.30. The third kappa shape index (κ3) is 4.27. The number of hydrogen-bond donors (Lipinski definition) is 3. The molecule has 2 aliphatic rings. The van der Waals surface area contributed by atoms with Crippen molar-refractivity contribution < 1.29 is 9.50 Å². The minimum absolute atomic E-state index is 0.0321. The Hall–Kier alpha value is -3.33.